The number of hydrogen-bond acceptors (Lipinski definition) is 7. The molecule has 0 aliphatic heterocycles. The number of benzene rings is 2. The number of nitrogens with zero attached hydrogens (tertiary/aromatic N) is 6. The maximum absolute atomic E-state index is 5.36. The summed E-state index contributed by atoms with van der Waals surface area (Å²) in [6.45, 7) is 2.65. The highest BCUT2D eigenvalue weighted by Crippen LogP contribution is 2.22. The van der Waals surface area contributed by atoms with E-state index < -0.39 is 0 Å². The summed E-state index contributed by atoms with van der Waals surface area (Å²) in [5.74, 6) is 1.64. The zero-order valence-electron chi connectivity index (χ0n) is 14.1. The van der Waals surface area contributed by atoms with Gasteiger partial charge < -0.3 is 4.52 Å². The van der Waals surface area contributed by atoms with Crippen LogP contribution in [0.5, 0.6) is 0 Å². The smallest absolute Gasteiger partial charge is 0.237 e. The van der Waals surface area contributed by atoms with E-state index in [9.17, 15) is 0 Å². The Hall–Kier alpha value is -3.00. The first-order chi connectivity index (χ1) is 12.8. The van der Waals surface area contributed by atoms with Crippen LogP contribution in [0.2, 0.25) is 0 Å². The molecule has 0 atom stereocenters. The van der Waals surface area contributed by atoms with E-state index >= 15 is 0 Å². The lowest BCUT2D eigenvalue weighted by Gasteiger charge is -2.03. The molecule has 0 radical (unpaired) electrons. The van der Waals surface area contributed by atoms with Gasteiger partial charge in [-0.05, 0) is 29.0 Å². The largest absolute Gasteiger partial charge is 0.338 e. The van der Waals surface area contributed by atoms with Crippen LogP contribution in [-0.2, 0) is 12.3 Å². The van der Waals surface area contributed by atoms with E-state index in [-0.39, 0.29) is 0 Å². The molecule has 0 bridgehead atoms. The molecule has 7 nitrogen and oxygen atoms in total. The van der Waals surface area contributed by atoms with Crippen LogP contribution in [0.25, 0.3) is 11.4 Å². The fourth-order valence-electron chi connectivity index (χ4n) is 2.50. The van der Waals surface area contributed by atoms with Crippen LogP contribution < -0.4 is 0 Å². The Morgan fingerprint density at radius 3 is 2.81 bits per heavy atom. The molecule has 26 heavy (non-hydrogen) atoms. The number of rotatable bonds is 6. The second-order valence-electron chi connectivity index (χ2n) is 5.77. The molecule has 8 heteroatoms. The second-order valence-corrected chi connectivity index (χ2v) is 6.72. The van der Waals surface area contributed by atoms with Gasteiger partial charge in [0.15, 0.2) is 0 Å². The predicted octanol–water partition coefficient (Wildman–Crippen LogP) is 3.37. The van der Waals surface area contributed by atoms with E-state index in [1.807, 2.05) is 61.5 Å². The third-order valence-electron chi connectivity index (χ3n) is 3.74. The minimum atomic E-state index is 0.508. The molecule has 0 amide bonds. The molecule has 2 aromatic carbocycles. The molecule has 0 saturated heterocycles. The summed E-state index contributed by atoms with van der Waals surface area (Å²) in [6, 6.07) is 18.1. The van der Waals surface area contributed by atoms with Gasteiger partial charge in [-0.2, -0.15) is 4.98 Å². The summed E-state index contributed by atoms with van der Waals surface area (Å²) in [4.78, 5) is 4.46. The van der Waals surface area contributed by atoms with Gasteiger partial charge in [0.25, 0.3) is 0 Å². The highest BCUT2D eigenvalue weighted by Gasteiger charge is 2.12. The summed E-state index contributed by atoms with van der Waals surface area (Å²) in [6.07, 6.45) is 0. The van der Waals surface area contributed by atoms with Crippen molar-refractivity contribution in [1.29, 1.82) is 0 Å². The van der Waals surface area contributed by atoms with Gasteiger partial charge in [0, 0.05) is 5.56 Å². The molecule has 0 aliphatic rings. The van der Waals surface area contributed by atoms with Crippen LogP contribution in [0.3, 0.4) is 0 Å². The van der Waals surface area contributed by atoms with Crippen LogP contribution >= 0.6 is 11.8 Å². The van der Waals surface area contributed by atoms with E-state index in [1.165, 1.54) is 11.8 Å². The molecule has 0 N–H and O–H groups in total. The molecule has 4 rings (SSSR count). The average molecular weight is 364 g/mol. The molecule has 0 spiro atoms. The van der Waals surface area contributed by atoms with E-state index in [1.54, 1.807) is 4.68 Å². The van der Waals surface area contributed by atoms with Crippen molar-refractivity contribution in [1.82, 2.24) is 30.3 Å². The zero-order valence-corrected chi connectivity index (χ0v) is 14.9. The maximum atomic E-state index is 5.36. The summed E-state index contributed by atoms with van der Waals surface area (Å²) in [5, 5.41) is 16.7. The van der Waals surface area contributed by atoms with Gasteiger partial charge in [0.1, 0.15) is 0 Å². The van der Waals surface area contributed by atoms with Gasteiger partial charge in [-0.3, -0.25) is 0 Å². The van der Waals surface area contributed by atoms with Crippen molar-refractivity contribution in [3.63, 3.8) is 0 Å². The van der Waals surface area contributed by atoms with E-state index in [4.69, 9.17) is 4.52 Å². The van der Waals surface area contributed by atoms with Crippen molar-refractivity contribution in [3.8, 4) is 11.4 Å². The van der Waals surface area contributed by atoms with Crippen molar-refractivity contribution in [2.45, 2.75) is 24.4 Å². The highest BCUT2D eigenvalue weighted by molar-refractivity contribution is 7.98. The SMILES string of the molecule is Cc1cccc(-c2noc(CSc3nnnn3Cc3ccccc3)n2)c1. The van der Waals surface area contributed by atoms with E-state index in [0.29, 0.717) is 29.2 Å². The summed E-state index contributed by atoms with van der Waals surface area (Å²) in [7, 11) is 0. The minimum Gasteiger partial charge on any atom is -0.338 e. The van der Waals surface area contributed by atoms with Gasteiger partial charge >= 0.3 is 0 Å². The number of thioether (sulfide) groups is 1. The number of aromatic nitrogens is 6. The highest BCUT2D eigenvalue weighted by atomic mass is 32.2. The van der Waals surface area contributed by atoms with Gasteiger partial charge in [0.05, 0.1) is 12.3 Å². The number of hydrogen-bond donors (Lipinski definition) is 0. The third kappa shape index (κ3) is 3.80. The lowest BCUT2D eigenvalue weighted by molar-refractivity contribution is 0.391. The zero-order chi connectivity index (χ0) is 17.8. The van der Waals surface area contributed by atoms with Gasteiger partial charge in [-0.15, -0.1) is 5.10 Å². The van der Waals surface area contributed by atoms with Crippen LogP contribution in [0.1, 0.15) is 17.0 Å². The first-order valence-electron chi connectivity index (χ1n) is 8.10. The Morgan fingerprint density at radius 2 is 1.96 bits per heavy atom. The first kappa shape index (κ1) is 16.5. The standard InChI is InChI=1S/C18H16N6OS/c1-13-6-5-9-15(10-13)17-19-16(25-21-17)12-26-18-20-22-23-24(18)11-14-7-3-2-4-8-14/h2-10H,11-12H2,1H3. The van der Waals surface area contributed by atoms with Crippen molar-refractivity contribution < 1.29 is 4.52 Å². The molecule has 0 fully saturated rings. The van der Waals surface area contributed by atoms with Crippen LogP contribution in [0.4, 0.5) is 0 Å². The number of tetrazole rings is 1. The van der Waals surface area contributed by atoms with Crippen molar-refractivity contribution >= 4 is 11.8 Å². The molecule has 0 unspecified atom stereocenters. The van der Waals surface area contributed by atoms with Crippen LogP contribution in [0, 0.1) is 6.92 Å². The molecule has 0 saturated carbocycles. The summed E-state index contributed by atoms with van der Waals surface area (Å²) >= 11 is 1.47. The Balaban J connectivity index is 1.43. The molecule has 2 aromatic heterocycles. The van der Waals surface area contributed by atoms with Gasteiger partial charge in [-0.1, -0.05) is 71.0 Å². The third-order valence-corrected chi connectivity index (χ3v) is 4.69. The average Bonchev–Trinajstić information content (AvgIpc) is 3.30. The molecule has 130 valence electrons. The lowest BCUT2D eigenvalue weighted by atomic mass is 10.1. The fraction of sp³-hybridized carbons (Fsp3) is 0.167. The molecule has 2 heterocycles. The minimum absolute atomic E-state index is 0.508. The first-order valence-corrected chi connectivity index (χ1v) is 9.09. The fourth-order valence-corrected chi connectivity index (χ4v) is 3.21. The van der Waals surface area contributed by atoms with E-state index in [2.05, 4.69) is 25.7 Å². The Morgan fingerprint density at radius 1 is 1.08 bits per heavy atom. The van der Waals surface area contributed by atoms with E-state index in [0.717, 1.165) is 16.7 Å². The summed E-state index contributed by atoms with van der Waals surface area (Å²) < 4.78 is 7.12. The van der Waals surface area contributed by atoms with Gasteiger partial charge in [0.2, 0.25) is 16.9 Å². The van der Waals surface area contributed by atoms with Gasteiger partial charge in [-0.25, -0.2) is 4.68 Å². The molecule has 4 aromatic rings. The lowest BCUT2D eigenvalue weighted by Crippen LogP contribution is -2.03. The predicted molar refractivity (Wildman–Crippen MR) is 97.4 cm³/mol. The Labute approximate surface area is 154 Å². The Kier molecular flexibility index (Phi) is 4.74. The van der Waals surface area contributed by atoms with Crippen molar-refractivity contribution in [2.24, 2.45) is 0 Å². The van der Waals surface area contributed by atoms with Crippen molar-refractivity contribution in [3.05, 3.63) is 71.6 Å². The maximum Gasteiger partial charge on any atom is 0.237 e. The molecule has 0 aliphatic carbocycles. The summed E-state index contributed by atoms with van der Waals surface area (Å²) in [5.41, 5.74) is 3.24. The van der Waals surface area contributed by atoms with Crippen molar-refractivity contribution in [2.75, 3.05) is 0 Å². The topological polar surface area (TPSA) is 82.5 Å². The normalized spacial score (nSPS) is 11.0. The second kappa shape index (κ2) is 7.49. The monoisotopic (exact) mass is 364 g/mol. The van der Waals surface area contributed by atoms with Crippen LogP contribution in [0.15, 0.2) is 64.3 Å². The quantitative estimate of drug-likeness (QED) is 0.485. The molecular weight excluding hydrogens is 348 g/mol. The molecular formula is C18H16N6OS. The van der Waals surface area contributed by atoms with Crippen LogP contribution in [-0.4, -0.2) is 30.3 Å². The Bertz CT molecular complexity index is 998. The number of aryl methyl sites for hydroxylation is 1.